The van der Waals surface area contributed by atoms with Crippen LogP contribution < -0.4 is 5.73 Å². The van der Waals surface area contributed by atoms with Crippen LogP contribution in [0.15, 0.2) is 36.5 Å². The third kappa shape index (κ3) is 3.24. The van der Waals surface area contributed by atoms with Crippen LogP contribution in [0.1, 0.15) is 11.1 Å². The van der Waals surface area contributed by atoms with Gasteiger partial charge in [0.15, 0.2) is 0 Å². The predicted molar refractivity (Wildman–Crippen MR) is 62.4 cm³/mol. The fourth-order valence-corrected chi connectivity index (χ4v) is 1.69. The normalized spacial score (nSPS) is 10.5. The fourth-order valence-electron chi connectivity index (χ4n) is 1.69. The number of halogens is 2. The molecule has 0 unspecified atom stereocenters. The second-order valence-corrected chi connectivity index (χ2v) is 3.87. The van der Waals surface area contributed by atoms with Crippen LogP contribution in [0, 0.1) is 11.6 Å². The molecule has 2 rings (SSSR count). The maximum atomic E-state index is 12.9. The molecular formula is C13H12F2N2. The first-order chi connectivity index (χ1) is 8.13. The summed E-state index contributed by atoms with van der Waals surface area (Å²) in [7, 11) is 0. The third-order valence-electron chi connectivity index (χ3n) is 2.47. The molecule has 0 saturated heterocycles. The molecule has 0 bridgehead atoms. The van der Waals surface area contributed by atoms with Crippen molar-refractivity contribution in [3.05, 3.63) is 59.3 Å². The molecule has 0 fully saturated rings. The van der Waals surface area contributed by atoms with Crippen LogP contribution in [0.5, 0.6) is 0 Å². The van der Waals surface area contributed by atoms with Crippen molar-refractivity contribution in [2.24, 2.45) is 0 Å². The van der Waals surface area contributed by atoms with Crippen LogP contribution in [0.25, 0.3) is 0 Å². The van der Waals surface area contributed by atoms with Gasteiger partial charge in [-0.25, -0.2) is 13.8 Å². The van der Waals surface area contributed by atoms with E-state index >= 15 is 0 Å². The highest BCUT2D eigenvalue weighted by atomic mass is 19.1. The quantitative estimate of drug-likeness (QED) is 0.886. The van der Waals surface area contributed by atoms with Gasteiger partial charge in [0.2, 0.25) is 0 Å². The van der Waals surface area contributed by atoms with Crippen LogP contribution in [0.4, 0.5) is 14.6 Å². The molecule has 4 heteroatoms. The zero-order valence-electron chi connectivity index (χ0n) is 9.16. The van der Waals surface area contributed by atoms with Crippen molar-refractivity contribution in [2.45, 2.75) is 12.8 Å². The molecule has 1 aromatic heterocycles. The van der Waals surface area contributed by atoms with Gasteiger partial charge in [-0.1, -0.05) is 0 Å². The molecular weight excluding hydrogens is 222 g/mol. The van der Waals surface area contributed by atoms with E-state index in [1.807, 2.05) is 6.07 Å². The van der Waals surface area contributed by atoms with Crippen LogP contribution >= 0.6 is 0 Å². The Morgan fingerprint density at radius 1 is 0.941 bits per heavy atom. The molecule has 0 aliphatic rings. The number of nitrogens with two attached hydrogens (primary N) is 1. The molecule has 17 heavy (non-hydrogen) atoms. The number of aromatic nitrogens is 1. The molecule has 2 N–H and O–H groups in total. The molecule has 0 saturated carbocycles. The number of benzene rings is 1. The van der Waals surface area contributed by atoms with Crippen molar-refractivity contribution in [2.75, 3.05) is 5.73 Å². The average Bonchev–Trinajstić information content (AvgIpc) is 2.25. The monoisotopic (exact) mass is 234 g/mol. The highest BCUT2D eigenvalue weighted by Crippen LogP contribution is 2.12. The molecule has 0 aliphatic heterocycles. The minimum atomic E-state index is -0.547. The van der Waals surface area contributed by atoms with Crippen LogP contribution in [0.2, 0.25) is 0 Å². The first-order valence-corrected chi connectivity index (χ1v) is 5.29. The lowest BCUT2D eigenvalue weighted by Gasteiger charge is -2.03. The summed E-state index contributed by atoms with van der Waals surface area (Å²) in [6.07, 6.45) is 2.87. The lowest BCUT2D eigenvalue weighted by atomic mass is 10.1. The van der Waals surface area contributed by atoms with Gasteiger partial charge in [-0.15, -0.1) is 0 Å². The fraction of sp³-hybridized carbons (Fsp3) is 0.154. The van der Waals surface area contributed by atoms with Crippen molar-refractivity contribution in [3.8, 4) is 0 Å². The van der Waals surface area contributed by atoms with Gasteiger partial charge < -0.3 is 5.73 Å². The molecule has 0 radical (unpaired) electrons. The highest BCUT2D eigenvalue weighted by molar-refractivity contribution is 5.32. The van der Waals surface area contributed by atoms with Crippen LogP contribution in [-0.2, 0) is 12.8 Å². The predicted octanol–water partition coefficient (Wildman–Crippen LogP) is 2.73. The first-order valence-electron chi connectivity index (χ1n) is 5.29. The van der Waals surface area contributed by atoms with Gasteiger partial charge in [0.1, 0.15) is 17.5 Å². The SMILES string of the molecule is Nc1cc(CCc2cc(F)cc(F)c2)ccn1. The van der Waals surface area contributed by atoms with E-state index < -0.39 is 11.6 Å². The van der Waals surface area contributed by atoms with Gasteiger partial charge in [-0.2, -0.15) is 0 Å². The van der Waals surface area contributed by atoms with Crippen LogP contribution in [0.3, 0.4) is 0 Å². The van der Waals surface area contributed by atoms with E-state index in [1.165, 1.54) is 12.1 Å². The largest absolute Gasteiger partial charge is 0.384 e. The molecule has 2 aromatic rings. The van der Waals surface area contributed by atoms with E-state index in [1.54, 1.807) is 12.3 Å². The Bertz CT molecular complexity index is 506. The molecule has 0 amide bonds. The lowest BCUT2D eigenvalue weighted by molar-refractivity contribution is 0.579. The second kappa shape index (κ2) is 4.91. The van der Waals surface area contributed by atoms with E-state index in [0.717, 1.165) is 11.6 Å². The van der Waals surface area contributed by atoms with Gasteiger partial charge in [-0.3, -0.25) is 0 Å². The standard InChI is InChI=1S/C13H12F2N2/c14-11-5-10(6-12(15)8-11)2-1-9-3-4-17-13(16)7-9/h3-8H,1-2H2,(H2,16,17). The lowest BCUT2D eigenvalue weighted by Crippen LogP contribution is -1.96. The number of rotatable bonds is 3. The number of pyridine rings is 1. The maximum Gasteiger partial charge on any atom is 0.126 e. The number of hydrogen-bond acceptors (Lipinski definition) is 2. The Kier molecular flexibility index (Phi) is 3.32. The topological polar surface area (TPSA) is 38.9 Å². The van der Waals surface area contributed by atoms with Gasteiger partial charge >= 0.3 is 0 Å². The highest BCUT2D eigenvalue weighted by Gasteiger charge is 2.01. The summed E-state index contributed by atoms with van der Waals surface area (Å²) in [6.45, 7) is 0. The number of nitrogen functional groups attached to an aromatic ring is 1. The van der Waals surface area contributed by atoms with Gasteiger partial charge in [0.05, 0.1) is 0 Å². The Hall–Kier alpha value is -1.97. The third-order valence-corrected chi connectivity index (χ3v) is 2.47. The summed E-state index contributed by atoms with van der Waals surface area (Å²) in [4.78, 5) is 3.88. The van der Waals surface area contributed by atoms with Crippen molar-refractivity contribution in [1.82, 2.24) is 4.98 Å². The number of hydrogen-bond donors (Lipinski definition) is 1. The Morgan fingerprint density at radius 2 is 1.59 bits per heavy atom. The van der Waals surface area contributed by atoms with E-state index in [0.29, 0.717) is 24.2 Å². The molecule has 1 aromatic carbocycles. The molecule has 88 valence electrons. The molecule has 0 spiro atoms. The van der Waals surface area contributed by atoms with E-state index in [9.17, 15) is 8.78 Å². The summed E-state index contributed by atoms with van der Waals surface area (Å²) in [6, 6.07) is 7.15. The summed E-state index contributed by atoms with van der Waals surface area (Å²) in [5.74, 6) is -0.642. The van der Waals surface area contributed by atoms with Crippen molar-refractivity contribution in [3.63, 3.8) is 0 Å². The van der Waals surface area contributed by atoms with E-state index in [4.69, 9.17) is 5.73 Å². The molecule has 0 atom stereocenters. The first kappa shape index (κ1) is 11.5. The number of nitrogens with zero attached hydrogens (tertiary/aromatic N) is 1. The average molecular weight is 234 g/mol. The number of aryl methyl sites for hydroxylation is 2. The van der Waals surface area contributed by atoms with Crippen molar-refractivity contribution in [1.29, 1.82) is 0 Å². The molecule has 0 aliphatic carbocycles. The second-order valence-electron chi connectivity index (χ2n) is 3.87. The van der Waals surface area contributed by atoms with Crippen molar-refractivity contribution < 1.29 is 8.78 Å². The Morgan fingerprint density at radius 3 is 2.24 bits per heavy atom. The summed E-state index contributed by atoms with van der Waals surface area (Å²) in [5.41, 5.74) is 7.18. The van der Waals surface area contributed by atoms with E-state index in [2.05, 4.69) is 4.98 Å². The van der Waals surface area contributed by atoms with Crippen LogP contribution in [-0.4, -0.2) is 4.98 Å². The Labute approximate surface area is 98.1 Å². The molecule has 2 nitrogen and oxygen atoms in total. The zero-order valence-corrected chi connectivity index (χ0v) is 9.16. The minimum Gasteiger partial charge on any atom is -0.384 e. The van der Waals surface area contributed by atoms with E-state index in [-0.39, 0.29) is 0 Å². The van der Waals surface area contributed by atoms with Gasteiger partial charge in [0.25, 0.3) is 0 Å². The zero-order chi connectivity index (χ0) is 12.3. The summed E-state index contributed by atoms with van der Waals surface area (Å²) in [5, 5.41) is 0. The molecule has 1 heterocycles. The smallest absolute Gasteiger partial charge is 0.126 e. The van der Waals surface area contributed by atoms with Gasteiger partial charge in [-0.05, 0) is 48.2 Å². The summed E-state index contributed by atoms with van der Waals surface area (Å²) < 4.78 is 25.9. The summed E-state index contributed by atoms with van der Waals surface area (Å²) >= 11 is 0. The minimum absolute atomic E-state index is 0.452. The number of anilines is 1. The Balaban J connectivity index is 2.07. The van der Waals surface area contributed by atoms with Crippen molar-refractivity contribution >= 4 is 5.82 Å². The maximum absolute atomic E-state index is 12.9. The van der Waals surface area contributed by atoms with Gasteiger partial charge in [0, 0.05) is 12.3 Å².